The van der Waals surface area contributed by atoms with Gasteiger partial charge in [0.15, 0.2) is 0 Å². The lowest BCUT2D eigenvalue weighted by atomic mass is 10.2. The molecule has 0 aromatic carbocycles. The van der Waals surface area contributed by atoms with Gasteiger partial charge >= 0.3 is 0 Å². The minimum Gasteiger partial charge on any atom is -0.278 e. The monoisotopic (exact) mass is 202 g/mol. The molecule has 14 heavy (non-hydrogen) atoms. The molecule has 0 radical (unpaired) electrons. The fourth-order valence-electron chi connectivity index (χ4n) is 0.326. The lowest BCUT2D eigenvalue weighted by molar-refractivity contribution is -0.312. The van der Waals surface area contributed by atoms with Crippen LogP contribution in [0.4, 0.5) is 0 Å². The summed E-state index contributed by atoms with van der Waals surface area (Å²) in [4.78, 5) is 18.8. The minimum atomic E-state index is -0.389. The van der Waals surface area contributed by atoms with Crippen molar-refractivity contribution in [3.63, 3.8) is 0 Å². The molecule has 0 bridgehead atoms. The van der Waals surface area contributed by atoms with E-state index in [2.05, 4.69) is 22.0 Å². The van der Waals surface area contributed by atoms with Crippen molar-refractivity contribution in [1.29, 1.82) is 0 Å². The van der Waals surface area contributed by atoms with Gasteiger partial charge in [0.25, 0.3) is 0 Å². The highest BCUT2D eigenvalue weighted by Gasteiger charge is 2.12. The molecule has 0 unspecified atom stereocenters. The van der Waals surface area contributed by atoms with Gasteiger partial charge in [0.2, 0.25) is 12.2 Å². The first-order chi connectivity index (χ1) is 6.21. The minimum absolute atomic E-state index is 0.389. The Morgan fingerprint density at radius 2 is 0.929 bits per heavy atom. The summed E-state index contributed by atoms with van der Waals surface area (Å²) in [5.41, 5.74) is -0.779. The smallest absolute Gasteiger partial charge is 0.204 e. The SMILES string of the molecule is CC(C)(C)OOC#COOC(C)(C)C. The highest BCUT2D eigenvalue weighted by molar-refractivity contribution is 4.78. The van der Waals surface area contributed by atoms with Gasteiger partial charge in [-0.1, -0.05) is 0 Å². The molecule has 0 heterocycles. The fraction of sp³-hybridized carbons (Fsp3) is 0.800. The Hall–Kier alpha value is -0.920. The van der Waals surface area contributed by atoms with Crippen LogP contribution in [0, 0.1) is 12.2 Å². The van der Waals surface area contributed by atoms with Gasteiger partial charge in [-0.25, -0.2) is 0 Å². The maximum Gasteiger partial charge on any atom is 0.204 e. The average Bonchev–Trinajstić information content (AvgIpc) is 1.92. The molecule has 0 aliphatic carbocycles. The Morgan fingerprint density at radius 1 is 0.643 bits per heavy atom. The first kappa shape index (κ1) is 13.1. The predicted octanol–water partition coefficient (Wildman–Crippen LogP) is 2.40. The highest BCUT2D eigenvalue weighted by atomic mass is 17.2. The van der Waals surface area contributed by atoms with E-state index in [4.69, 9.17) is 9.78 Å². The zero-order chi connectivity index (χ0) is 11.2. The van der Waals surface area contributed by atoms with E-state index < -0.39 is 0 Å². The van der Waals surface area contributed by atoms with E-state index in [0.717, 1.165) is 0 Å². The second kappa shape index (κ2) is 5.08. The van der Waals surface area contributed by atoms with Gasteiger partial charge < -0.3 is 0 Å². The van der Waals surface area contributed by atoms with E-state index in [0.29, 0.717) is 0 Å². The van der Waals surface area contributed by atoms with Gasteiger partial charge in [-0.3, -0.25) is 9.78 Å². The molecule has 82 valence electrons. The number of hydrogen-bond acceptors (Lipinski definition) is 4. The van der Waals surface area contributed by atoms with Gasteiger partial charge in [-0.05, 0) is 41.5 Å². The normalized spacial score (nSPS) is 11.6. The zero-order valence-electron chi connectivity index (χ0n) is 9.63. The maximum absolute atomic E-state index is 4.85. The molecule has 0 aliphatic heterocycles. The molecule has 4 heteroatoms. The van der Waals surface area contributed by atoms with Gasteiger partial charge in [0.1, 0.15) is 11.2 Å². The Kier molecular flexibility index (Phi) is 4.75. The summed E-state index contributed by atoms with van der Waals surface area (Å²) in [7, 11) is 0. The van der Waals surface area contributed by atoms with E-state index in [-0.39, 0.29) is 11.2 Å². The summed E-state index contributed by atoms with van der Waals surface area (Å²) in [5.74, 6) is 0. The van der Waals surface area contributed by atoms with Crippen LogP contribution in [0.2, 0.25) is 0 Å². The number of rotatable bonds is 2. The molecule has 0 rings (SSSR count). The van der Waals surface area contributed by atoms with E-state index in [1.54, 1.807) is 0 Å². The van der Waals surface area contributed by atoms with Crippen LogP contribution in [0.25, 0.3) is 0 Å². The molecule has 0 N–H and O–H groups in total. The molecule has 0 fully saturated rings. The molecule has 0 aliphatic rings. The van der Waals surface area contributed by atoms with Crippen LogP contribution in [0.1, 0.15) is 41.5 Å². The summed E-state index contributed by atoms with van der Waals surface area (Å²) in [5, 5.41) is 0. The number of hydrogen-bond donors (Lipinski definition) is 0. The Labute approximate surface area is 85.3 Å². The Bertz CT molecular complexity index is 189. The molecule has 0 saturated heterocycles. The van der Waals surface area contributed by atoms with E-state index in [1.165, 1.54) is 0 Å². The predicted molar refractivity (Wildman–Crippen MR) is 51.6 cm³/mol. The average molecular weight is 202 g/mol. The molecular weight excluding hydrogens is 184 g/mol. The van der Waals surface area contributed by atoms with Crippen molar-refractivity contribution in [2.45, 2.75) is 52.7 Å². The largest absolute Gasteiger partial charge is 0.278 e. The lowest BCUT2D eigenvalue weighted by Crippen LogP contribution is -2.18. The highest BCUT2D eigenvalue weighted by Crippen LogP contribution is 2.07. The molecule has 4 nitrogen and oxygen atoms in total. The maximum atomic E-state index is 4.85. The fourth-order valence-corrected chi connectivity index (χ4v) is 0.326. The standard InChI is InChI=1S/C10H18O4/c1-9(2,3)13-11-7-8-12-14-10(4,5)6/h1-6H3. The molecule has 0 saturated carbocycles. The van der Waals surface area contributed by atoms with Crippen LogP contribution < -0.4 is 0 Å². The first-order valence-corrected chi connectivity index (χ1v) is 4.40. The van der Waals surface area contributed by atoms with Crippen LogP contribution in [-0.2, 0) is 19.6 Å². The summed E-state index contributed by atoms with van der Waals surface area (Å²) >= 11 is 0. The van der Waals surface area contributed by atoms with Gasteiger partial charge in [0.05, 0.1) is 0 Å². The molecule has 0 aromatic rings. The quantitative estimate of drug-likeness (QED) is 0.391. The van der Waals surface area contributed by atoms with E-state index in [9.17, 15) is 0 Å². The van der Waals surface area contributed by atoms with Gasteiger partial charge in [0, 0.05) is 0 Å². The van der Waals surface area contributed by atoms with Crippen LogP contribution in [0.3, 0.4) is 0 Å². The molecule has 0 atom stereocenters. The third-order valence-electron chi connectivity index (χ3n) is 0.708. The molecular formula is C10H18O4. The van der Waals surface area contributed by atoms with Crippen molar-refractivity contribution < 1.29 is 19.6 Å². The Balaban J connectivity index is 3.56. The van der Waals surface area contributed by atoms with Crippen LogP contribution in [0.5, 0.6) is 0 Å². The summed E-state index contributed by atoms with van der Waals surface area (Å²) in [6.45, 7) is 11.1. The van der Waals surface area contributed by atoms with Crippen LogP contribution in [-0.4, -0.2) is 11.2 Å². The van der Waals surface area contributed by atoms with Crippen molar-refractivity contribution >= 4 is 0 Å². The summed E-state index contributed by atoms with van der Waals surface area (Å²) in [6, 6.07) is 0. The summed E-state index contributed by atoms with van der Waals surface area (Å²) in [6.07, 6.45) is 4.39. The molecule has 0 aromatic heterocycles. The van der Waals surface area contributed by atoms with Crippen LogP contribution >= 0.6 is 0 Å². The molecule has 0 spiro atoms. The topological polar surface area (TPSA) is 36.9 Å². The van der Waals surface area contributed by atoms with Crippen molar-refractivity contribution in [3.05, 3.63) is 0 Å². The van der Waals surface area contributed by atoms with Crippen molar-refractivity contribution in [2.24, 2.45) is 0 Å². The van der Waals surface area contributed by atoms with E-state index in [1.807, 2.05) is 41.5 Å². The lowest BCUT2D eigenvalue weighted by Gasteiger charge is -2.14. The second-order valence-corrected chi connectivity index (χ2v) is 4.76. The summed E-state index contributed by atoms with van der Waals surface area (Å²) < 4.78 is 0. The van der Waals surface area contributed by atoms with Crippen molar-refractivity contribution in [1.82, 2.24) is 0 Å². The first-order valence-electron chi connectivity index (χ1n) is 4.40. The molecule has 0 amide bonds. The Morgan fingerprint density at radius 3 is 1.14 bits per heavy atom. The third-order valence-corrected chi connectivity index (χ3v) is 0.708. The zero-order valence-corrected chi connectivity index (χ0v) is 9.63. The third kappa shape index (κ3) is 11.1. The van der Waals surface area contributed by atoms with Crippen LogP contribution in [0.15, 0.2) is 0 Å². The van der Waals surface area contributed by atoms with Crippen molar-refractivity contribution in [2.75, 3.05) is 0 Å². The van der Waals surface area contributed by atoms with E-state index >= 15 is 0 Å². The van der Waals surface area contributed by atoms with Gasteiger partial charge in [-0.2, -0.15) is 9.78 Å². The second-order valence-electron chi connectivity index (χ2n) is 4.76. The van der Waals surface area contributed by atoms with Gasteiger partial charge in [-0.15, -0.1) is 0 Å². The van der Waals surface area contributed by atoms with Crippen molar-refractivity contribution in [3.8, 4) is 12.2 Å².